The molecule has 1 amide bonds. The number of carbonyl (C=O) groups excluding carboxylic acids is 1. The van der Waals surface area contributed by atoms with Crippen molar-refractivity contribution in [3.05, 3.63) is 76.6 Å². The van der Waals surface area contributed by atoms with Crippen molar-refractivity contribution in [3.8, 4) is 11.5 Å². The van der Waals surface area contributed by atoms with E-state index in [1.54, 1.807) is 6.92 Å². The fourth-order valence-electron chi connectivity index (χ4n) is 5.60. The van der Waals surface area contributed by atoms with Crippen LogP contribution in [0.1, 0.15) is 26.3 Å². The molecule has 2 saturated heterocycles. The lowest BCUT2D eigenvalue weighted by molar-refractivity contribution is -0.155. The summed E-state index contributed by atoms with van der Waals surface area (Å²) in [7, 11) is 0. The summed E-state index contributed by atoms with van der Waals surface area (Å²) >= 11 is 0. The summed E-state index contributed by atoms with van der Waals surface area (Å²) in [5.74, 6) is -3.91. The third-order valence-electron chi connectivity index (χ3n) is 8.46. The van der Waals surface area contributed by atoms with Gasteiger partial charge in [-0.05, 0) is 68.3 Å². The Morgan fingerprint density at radius 1 is 0.979 bits per heavy atom. The monoisotopic (exact) mass is 667 g/mol. The maximum absolute atomic E-state index is 15.1. The number of hydrogen-bond donors (Lipinski definition) is 6. The third kappa shape index (κ3) is 7.17. The summed E-state index contributed by atoms with van der Waals surface area (Å²) in [5.41, 5.74) is -1.22. The van der Waals surface area contributed by atoms with E-state index in [9.17, 15) is 39.1 Å². The van der Waals surface area contributed by atoms with Crippen molar-refractivity contribution >= 4 is 12.0 Å². The zero-order chi connectivity index (χ0) is 34.2. The zero-order valence-corrected chi connectivity index (χ0v) is 25.5. The van der Waals surface area contributed by atoms with E-state index in [2.05, 4.69) is 5.32 Å². The van der Waals surface area contributed by atoms with E-state index < -0.39 is 84.0 Å². The first-order valence-corrected chi connectivity index (χ1v) is 14.7. The quantitative estimate of drug-likeness (QED) is 0.167. The number of rotatable bonds is 9. The second-order valence-corrected chi connectivity index (χ2v) is 11.9. The summed E-state index contributed by atoms with van der Waals surface area (Å²) in [4.78, 5) is 12.9. The van der Waals surface area contributed by atoms with Gasteiger partial charge in [0, 0.05) is 11.6 Å². The van der Waals surface area contributed by atoms with Crippen molar-refractivity contribution in [1.29, 1.82) is 0 Å². The highest BCUT2D eigenvalue weighted by Gasteiger charge is 2.55. The van der Waals surface area contributed by atoms with E-state index in [1.165, 1.54) is 44.2 Å². The smallest absolute Gasteiger partial charge is 0.247 e. The average Bonchev–Trinajstić information content (AvgIpc) is 3.60. The van der Waals surface area contributed by atoms with Crippen molar-refractivity contribution in [2.24, 2.45) is 0 Å². The Morgan fingerprint density at radius 3 is 2.36 bits per heavy atom. The molecule has 0 aromatic heterocycles. The van der Waals surface area contributed by atoms with Crippen LogP contribution in [0.2, 0.25) is 0 Å². The summed E-state index contributed by atoms with van der Waals surface area (Å²) < 4.78 is 68.9. The maximum Gasteiger partial charge on any atom is 0.247 e. The molecule has 12 nitrogen and oxygen atoms in total. The molecule has 1 aliphatic carbocycles. The molecular weight excluding hydrogens is 631 g/mol. The number of aliphatic hydroxyl groups is 5. The van der Waals surface area contributed by atoms with Crippen LogP contribution in [-0.4, -0.2) is 106 Å². The second-order valence-electron chi connectivity index (χ2n) is 11.9. The standard InChI is InChI=1S/C32H36F3NO11/c1-14(8-9-43-17-5-6-18(33)19(34)12-17)26-29(40)32(3,42)31(47-26)46-21-7-4-16(11-20(21)35)10-15(2)30(41)36-22-23(37)25(39)28-27(24(22)38)44-13-45-28/h4-8,10-12,22-29,31,37-40,42H,9,13H2,1-3H3,(H,36,41)/b14-8-,15-10+/t22-,23+,24-,25-,26-,27+,28-,29-,31-,32-/m1/s1. The van der Waals surface area contributed by atoms with Gasteiger partial charge < -0.3 is 54.5 Å². The van der Waals surface area contributed by atoms with Gasteiger partial charge >= 0.3 is 0 Å². The number of hydrogen-bond acceptors (Lipinski definition) is 11. The molecule has 3 fully saturated rings. The number of amides is 1. The molecular formula is C32H36F3NO11. The minimum Gasteiger partial charge on any atom is -0.489 e. The molecule has 10 atom stereocenters. The molecule has 0 unspecified atom stereocenters. The van der Waals surface area contributed by atoms with Crippen LogP contribution in [0.5, 0.6) is 11.5 Å². The molecule has 0 radical (unpaired) electrons. The highest BCUT2D eigenvalue weighted by atomic mass is 19.2. The Bertz CT molecular complexity index is 1540. The van der Waals surface area contributed by atoms with Gasteiger partial charge in [-0.1, -0.05) is 6.07 Å². The van der Waals surface area contributed by atoms with Crippen LogP contribution >= 0.6 is 0 Å². The number of benzene rings is 2. The van der Waals surface area contributed by atoms with Gasteiger partial charge in [0.25, 0.3) is 0 Å². The van der Waals surface area contributed by atoms with Crippen molar-refractivity contribution in [3.63, 3.8) is 0 Å². The van der Waals surface area contributed by atoms with E-state index in [0.717, 1.165) is 18.2 Å². The average molecular weight is 668 g/mol. The summed E-state index contributed by atoms with van der Waals surface area (Å²) in [6.45, 7) is 4.01. The van der Waals surface area contributed by atoms with Gasteiger partial charge in [0.05, 0.1) is 6.04 Å². The lowest BCUT2D eigenvalue weighted by Gasteiger charge is -2.41. The molecule has 2 aromatic rings. The highest BCUT2D eigenvalue weighted by molar-refractivity contribution is 5.97. The minimum atomic E-state index is -1.97. The van der Waals surface area contributed by atoms with E-state index in [0.29, 0.717) is 5.57 Å². The Labute approximate surface area is 267 Å². The number of fused-ring (bicyclic) bond motifs is 1. The molecule has 256 valence electrons. The molecule has 0 bridgehead atoms. The fraction of sp³-hybridized carbons (Fsp3) is 0.469. The van der Waals surface area contributed by atoms with Gasteiger partial charge in [0.2, 0.25) is 12.2 Å². The molecule has 5 rings (SSSR count). The Hall–Kier alpha value is -3.54. The lowest BCUT2D eigenvalue weighted by Crippen LogP contribution is -2.67. The molecule has 15 heteroatoms. The van der Waals surface area contributed by atoms with Gasteiger partial charge in [-0.3, -0.25) is 4.79 Å². The molecule has 3 aliphatic rings. The van der Waals surface area contributed by atoms with Crippen LogP contribution in [0.3, 0.4) is 0 Å². The first-order valence-electron chi connectivity index (χ1n) is 14.7. The Balaban J connectivity index is 1.20. The molecule has 0 spiro atoms. The summed E-state index contributed by atoms with van der Waals surface area (Å²) in [5, 5.41) is 55.5. The predicted molar refractivity (Wildman–Crippen MR) is 156 cm³/mol. The van der Waals surface area contributed by atoms with Gasteiger partial charge in [-0.25, -0.2) is 13.2 Å². The molecule has 47 heavy (non-hydrogen) atoms. The number of aliphatic hydroxyl groups excluding tert-OH is 4. The largest absolute Gasteiger partial charge is 0.489 e. The summed E-state index contributed by atoms with van der Waals surface area (Å²) in [6.07, 6.45) is -7.39. The number of ether oxygens (including phenoxy) is 5. The second kappa shape index (κ2) is 13.9. The maximum atomic E-state index is 15.1. The van der Waals surface area contributed by atoms with Crippen molar-refractivity contribution in [2.45, 2.75) is 81.4 Å². The SMILES string of the molecule is C/C(=C/COc1ccc(F)c(F)c1)[C@H]1O[C@@H](Oc2ccc(/C=C(\C)C(=O)N[C@@H]3[C@H](O)[C@@H](O)[C@H]4OCO[C@H]4[C@@H]3O)cc2F)[C@](C)(O)[C@@H]1O. The number of halogens is 3. The molecule has 2 aromatic carbocycles. The van der Waals surface area contributed by atoms with Crippen LogP contribution in [0.4, 0.5) is 13.2 Å². The lowest BCUT2D eigenvalue weighted by atomic mass is 9.83. The van der Waals surface area contributed by atoms with Gasteiger partial charge in [-0.15, -0.1) is 0 Å². The summed E-state index contributed by atoms with van der Waals surface area (Å²) in [6, 6.07) is 5.52. The minimum absolute atomic E-state index is 0.0768. The van der Waals surface area contributed by atoms with Crippen molar-refractivity contribution < 1.29 is 67.2 Å². The van der Waals surface area contributed by atoms with Crippen molar-refractivity contribution in [2.75, 3.05) is 13.4 Å². The van der Waals surface area contributed by atoms with E-state index in [1.807, 2.05) is 0 Å². The number of nitrogens with one attached hydrogen (secondary N) is 1. The normalized spacial score (nSPS) is 34.2. The van der Waals surface area contributed by atoms with E-state index in [4.69, 9.17) is 23.7 Å². The van der Waals surface area contributed by atoms with Crippen LogP contribution in [0.15, 0.2) is 53.6 Å². The number of carbonyl (C=O) groups is 1. The van der Waals surface area contributed by atoms with Crippen LogP contribution in [-0.2, 0) is 19.0 Å². The van der Waals surface area contributed by atoms with Crippen LogP contribution in [0.25, 0.3) is 6.08 Å². The van der Waals surface area contributed by atoms with Gasteiger partial charge in [0.1, 0.15) is 61.9 Å². The topological polar surface area (TPSA) is 176 Å². The van der Waals surface area contributed by atoms with E-state index >= 15 is 4.39 Å². The van der Waals surface area contributed by atoms with Crippen LogP contribution < -0.4 is 14.8 Å². The highest BCUT2D eigenvalue weighted by Crippen LogP contribution is 2.37. The molecule has 1 saturated carbocycles. The van der Waals surface area contributed by atoms with E-state index in [-0.39, 0.29) is 36.0 Å². The molecule has 6 N–H and O–H groups in total. The third-order valence-corrected chi connectivity index (χ3v) is 8.46. The van der Waals surface area contributed by atoms with Crippen LogP contribution in [0, 0.1) is 17.5 Å². The zero-order valence-electron chi connectivity index (χ0n) is 25.5. The van der Waals surface area contributed by atoms with Gasteiger partial charge in [0.15, 0.2) is 28.8 Å². The van der Waals surface area contributed by atoms with Crippen molar-refractivity contribution in [1.82, 2.24) is 5.32 Å². The fourth-order valence-corrected chi connectivity index (χ4v) is 5.60. The Morgan fingerprint density at radius 2 is 1.68 bits per heavy atom. The molecule has 2 aliphatic heterocycles. The first kappa shape index (κ1) is 34.8. The first-order chi connectivity index (χ1) is 22.2. The van der Waals surface area contributed by atoms with Gasteiger partial charge in [-0.2, -0.15) is 0 Å². The predicted octanol–water partition coefficient (Wildman–Crippen LogP) is 1.07. The Kier molecular flexibility index (Phi) is 10.3. The molecule has 2 heterocycles.